The molecule has 0 radical (unpaired) electrons. The summed E-state index contributed by atoms with van der Waals surface area (Å²) in [6, 6.07) is 16.1. The van der Waals surface area contributed by atoms with Crippen molar-refractivity contribution in [1.82, 2.24) is 25.3 Å². The average molecular weight is 485 g/mol. The van der Waals surface area contributed by atoms with Gasteiger partial charge in [-0.1, -0.05) is 42.5 Å². The Kier molecular flexibility index (Phi) is 7.15. The molecule has 0 unspecified atom stereocenters. The van der Waals surface area contributed by atoms with Crippen molar-refractivity contribution in [3.05, 3.63) is 83.7 Å². The maximum absolute atomic E-state index is 14.1. The number of hydrogen-bond donors (Lipinski definition) is 1. The molecule has 0 saturated carbocycles. The van der Waals surface area contributed by atoms with E-state index in [1.807, 2.05) is 83.1 Å². The number of aryl methyl sites for hydroxylation is 2. The lowest BCUT2D eigenvalue weighted by Gasteiger charge is -2.35. The fourth-order valence-corrected chi connectivity index (χ4v) is 4.08. The molecule has 186 valence electrons. The molecule has 36 heavy (non-hydrogen) atoms. The first-order chi connectivity index (χ1) is 17.2. The van der Waals surface area contributed by atoms with Crippen LogP contribution < -0.4 is 10.2 Å². The lowest BCUT2D eigenvalue weighted by atomic mass is 9.98. The number of para-hydroxylation sites is 1. The van der Waals surface area contributed by atoms with Crippen LogP contribution in [0.15, 0.2) is 67.0 Å². The molecule has 2 heterocycles. The fourth-order valence-electron chi connectivity index (χ4n) is 4.08. The van der Waals surface area contributed by atoms with Gasteiger partial charge in [-0.2, -0.15) is 0 Å². The Morgan fingerprint density at radius 3 is 2.58 bits per heavy atom. The second kappa shape index (κ2) is 10.3. The van der Waals surface area contributed by atoms with Crippen LogP contribution in [0.2, 0.25) is 0 Å². The minimum atomic E-state index is -0.924. The minimum Gasteiger partial charge on any atom is -0.349 e. The number of anilines is 1. The molecule has 0 spiro atoms. The molecular weight excluding hydrogens is 452 g/mol. The van der Waals surface area contributed by atoms with Crippen molar-refractivity contribution in [1.29, 1.82) is 0 Å². The van der Waals surface area contributed by atoms with Gasteiger partial charge < -0.3 is 5.32 Å². The second-order valence-electron chi connectivity index (χ2n) is 9.71. The van der Waals surface area contributed by atoms with Crippen LogP contribution in [0.25, 0.3) is 11.0 Å². The molecule has 0 saturated heterocycles. The summed E-state index contributed by atoms with van der Waals surface area (Å²) in [5.74, 6) is -0.551. The molecule has 2 aromatic carbocycles. The zero-order valence-corrected chi connectivity index (χ0v) is 21.4. The van der Waals surface area contributed by atoms with Gasteiger partial charge in [0.25, 0.3) is 0 Å². The third-order valence-corrected chi connectivity index (χ3v) is 6.45. The quantitative estimate of drug-likeness (QED) is 0.397. The van der Waals surface area contributed by atoms with Crippen molar-refractivity contribution >= 4 is 28.5 Å². The molecular formula is C28H32N6O2. The number of rotatable bonds is 8. The van der Waals surface area contributed by atoms with E-state index in [1.165, 1.54) is 0 Å². The Morgan fingerprint density at radius 1 is 1.08 bits per heavy atom. The number of benzene rings is 2. The van der Waals surface area contributed by atoms with Gasteiger partial charge in [0.1, 0.15) is 18.1 Å². The van der Waals surface area contributed by atoms with Crippen molar-refractivity contribution in [2.45, 2.75) is 59.2 Å². The molecule has 1 N–H and O–H groups in total. The SMILES string of the molecule is CCC(C)(C)NC(=O)[C@H](c1cccnc1)N(C(=O)Cn1nnc2ccccc21)c1cc(C)ccc1C. The molecule has 0 aliphatic carbocycles. The van der Waals surface area contributed by atoms with Crippen molar-refractivity contribution < 1.29 is 9.59 Å². The first kappa shape index (κ1) is 25.0. The van der Waals surface area contributed by atoms with E-state index in [0.29, 0.717) is 16.8 Å². The third-order valence-electron chi connectivity index (χ3n) is 6.45. The third kappa shape index (κ3) is 5.27. The number of amides is 2. The average Bonchev–Trinajstić information content (AvgIpc) is 3.27. The highest BCUT2D eigenvalue weighted by Crippen LogP contribution is 2.32. The Labute approximate surface area is 211 Å². The van der Waals surface area contributed by atoms with Crippen molar-refractivity contribution in [2.24, 2.45) is 0 Å². The lowest BCUT2D eigenvalue weighted by molar-refractivity contribution is -0.128. The zero-order valence-electron chi connectivity index (χ0n) is 21.4. The number of carbonyl (C=O) groups is 2. The summed E-state index contributed by atoms with van der Waals surface area (Å²) in [5, 5.41) is 11.5. The number of pyridine rings is 1. The van der Waals surface area contributed by atoms with Crippen LogP contribution >= 0.6 is 0 Å². The molecule has 0 fully saturated rings. The topological polar surface area (TPSA) is 93.0 Å². The molecule has 4 rings (SSSR count). The zero-order chi connectivity index (χ0) is 25.9. The van der Waals surface area contributed by atoms with Crippen LogP contribution in [0.4, 0.5) is 5.69 Å². The number of nitrogens with zero attached hydrogens (tertiary/aromatic N) is 5. The van der Waals surface area contributed by atoms with E-state index in [0.717, 1.165) is 23.1 Å². The van der Waals surface area contributed by atoms with Gasteiger partial charge >= 0.3 is 0 Å². The molecule has 8 nitrogen and oxygen atoms in total. The highest BCUT2D eigenvalue weighted by atomic mass is 16.2. The minimum absolute atomic E-state index is 0.0743. The van der Waals surface area contributed by atoms with Gasteiger partial charge in [-0.05, 0) is 69.5 Å². The summed E-state index contributed by atoms with van der Waals surface area (Å²) in [4.78, 5) is 33.8. The Balaban J connectivity index is 1.85. The van der Waals surface area contributed by atoms with Crippen LogP contribution in [0.3, 0.4) is 0 Å². The number of hydrogen-bond acceptors (Lipinski definition) is 5. The molecule has 0 bridgehead atoms. The van der Waals surface area contributed by atoms with Crippen molar-refractivity contribution in [3.63, 3.8) is 0 Å². The first-order valence-electron chi connectivity index (χ1n) is 12.1. The van der Waals surface area contributed by atoms with Crippen LogP contribution in [-0.4, -0.2) is 37.3 Å². The predicted octanol–water partition coefficient (Wildman–Crippen LogP) is 4.52. The molecule has 0 aliphatic heterocycles. The van der Waals surface area contributed by atoms with Gasteiger partial charge in [0.05, 0.1) is 5.52 Å². The number of nitrogens with one attached hydrogen (secondary N) is 1. The van der Waals surface area contributed by atoms with Crippen LogP contribution in [0.5, 0.6) is 0 Å². The molecule has 2 amide bonds. The van der Waals surface area contributed by atoms with Gasteiger partial charge in [0.2, 0.25) is 11.8 Å². The summed E-state index contributed by atoms with van der Waals surface area (Å²) in [7, 11) is 0. The van der Waals surface area contributed by atoms with Gasteiger partial charge in [-0.25, -0.2) is 4.68 Å². The van der Waals surface area contributed by atoms with E-state index in [4.69, 9.17) is 0 Å². The van der Waals surface area contributed by atoms with E-state index >= 15 is 0 Å². The number of fused-ring (bicyclic) bond motifs is 1. The Morgan fingerprint density at radius 2 is 1.86 bits per heavy atom. The summed E-state index contributed by atoms with van der Waals surface area (Å²) < 4.78 is 1.57. The standard InChI is InChI=1S/C28H32N6O2/c1-6-28(4,5)30-27(36)26(21-10-9-15-29-17-21)34(24-16-19(2)13-14-20(24)3)25(35)18-33-23-12-8-7-11-22(23)31-32-33/h7-17,26H,6,18H2,1-5H3,(H,30,36)/t26-/m0/s1. The summed E-state index contributed by atoms with van der Waals surface area (Å²) in [5.41, 5.74) is 4.17. The molecule has 1 atom stereocenters. The van der Waals surface area contributed by atoms with Crippen molar-refractivity contribution in [3.8, 4) is 0 Å². The van der Waals surface area contributed by atoms with Gasteiger partial charge in [-0.15, -0.1) is 5.10 Å². The lowest BCUT2D eigenvalue weighted by Crippen LogP contribution is -2.51. The van der Waals surface area contributed by atoms with Gasteiger partial charge in [0, 0.05) is 29.2 Å². The second-order valence-corrected chi connectivity index (χ2v) is 9.71. The van der Waals surface area contributed by atoms with Crippen LogP contribution in [0, 0.1) is 13.8 Å². The highest BCUT2D eigenvalue weighted by Gasteiger charge is 2.36. The summed E-state index contributed by atoms with van der Waals surface area (Å²) in [6.45, 7) is 9.79. The highest BCUT2D eigenvalue weighted by molar-refractivity contribution is 6.02. The van der Waals surface area contributed by atoms with Gasteiger partial charge in [0.15, 0.2) is 0 Å². The summed E-state index contributed by atoms with van der Waals surface area (Å²) in [6.07, 6.45) is 4.03. The largest absolute Gasteiger partial charge is 0.349 e. The van der Waals surface area contributed by atoms with Crippen LogP contribution in [-0.2, 0) is 16.1 Å². The Bertz CT molecular complexity index is 1380. The van der Waals surface area contributed by atoms with E-state index in [2.05, 4.69) is 20.6 Å². The van der Waals surface area contributed by atoms with E-state index < -0.39 is 11.6 Å². The monoisotopic (exact) mass is 484 g/mol. The normalized spacial score (nSPS) is 12.4. The number of carbonyl (C=O) groups excluding carboxylic acids is 2. The van der Waals surface area contributed by atoms with Crippen molar-refractivity contribution in [2.75, 3.05) is 4.90 Å². The molecule has 0 aliphatic rings. The van der Waals surface area contributed by atoms with E-state index in [9.17, 15) is 9.59 Å². The maximum atomic E-state index is 14.1. The number of aromatic nitrogens is 4. The molecule has 2 aromatic heterocycles. The summed E-state index contributed by atoms with van der Waals surface area (Å²) >= 11 is 0. The fraction of sp³-hybridized carbons (Fsp3) is 0.321. The first-order valence-corrected chi connectivity index (χ1v) is 12.1. The predicted molar refractivity (Wildman–Crippen MR) is 140 cm³/mol. The smallest absolute Gasteiger partial charge is 0.249 e. The van der Waals surface area contributed by atoms with E-state index in [-0.39, 0.29) is 18.4 Å². The van der Waals surface area contributed by atoms with Crippen LogP contribution in [0.1, 0.15) is 49.9 Å². The van der Waals surface area contributed by atoms with Gasteiger partial charge in [-0.3, -0.25) is 19.5 Å². The molecule has 4 aromatic rings. The van der Waals surface area contributed by atoms with E-state index in [1.54, 1.807) is 28.0 Å². The maximum Gasteiger partial charge on any atom is 0.249 e. The molecule has 8 heteroatoms. The Hall–Kier alpha value is -4.07.